The van der Waals surface area contributed by atoms with E-state index in [2.05, 4.69) is 29.2 Å². The third kappa shape index (κ3) is 7.30. The second kappa shape index (κ2) is 14.2. The van der Waals surface area contributed by atoms with Crippen molar-refractivity contribution in [3.63, 3.8) is 0 Å². The largest absolute Gasteiger partial charge is 0.376 e. The molecule has 3 aliphatic rings. The molecule has 10 nitrogen and oxygen atoms in total. The van der Waals surface area contributed by atoms with Crippen LogP contribution in [0.4, 0.5) is 5.69 Å². The minimum Gasteiger partial charge on any atom is -0.376 e. The van der Waals surface area contributed by atoms with Gasteiger partial charge in [-0.2, -0.15) is 5.10 Å². The number of carbonyl (C=O) groups excluding carboxylic acids is 3. The fourth-order valence-corrected chi connectivity index (χ4v) is 7.63. The normalized spacial score (nSPS) is 27.2. The zero-order chi connectivity index (χ0) is 32.4. The summed E-state index contributed by atoms with van der Waals surface area (Å²) >= 11 is 6.64. The Kier molecular flexibility index (Phi) is 10.1. The summed E-state index contributed by atoms with van der Waals surface area (Å²) in [4.78, 5) is 42.6. The number of ether oxygens (including phenoxy) is 2. The van der Waals surface area contributed by atoms with Gasteiger partial charge >= 0.3 is 0 Å². The number of benzene rings is 2. The number of aromatic nitrogens is 2. The molecule has 246 valence electrons. The van der Waals surface area contributed by atoms with E-state index in [0.29, 0.717) is 29.6 Å². The monoisotopic (exact) mass is 649 g/mol. The molecule has 2 aliphatic heterocycles. The minimum atomic E-state index is -0.347. The molecule has 0 bridgehead atoms. The van der Waals surface area contributed by atoms with Gasteiger partial charge < -0.3 is 24.5 Å². The number of hydrogen-bond donors (Lipinski definition) is 1. The fraction of sp³-hybridized carbons (Fsp3) is 0.543. The van der Waals surface area contributed by atoms with Gasteiger partial charge in [0.2, 0.25) is 5.91 Å². The van der Waals surface area contributed by atoms with Crippen molar-refractivity contribution >= 4 is 46.3 Å². The number of fused-ring (bicyclic) bond motifs is 1. The summed E-state index contributed by atoms with van der Waals surface area (Å²) in [5.74, 6) is -0.177. The molecule has 2 amide bonds. The first kappa shape index (κ1) is 32.6. The number of likely N-dealkylation sites (tertiary alicyclic amines) is 1. The van der Waals surface area contributed by atoms with E-state index >= 15 is 0 Å². The van der Waals surface area contributed by atoms with Gasteiger partial charge in [-0.3, -0.25) is 19.2 Å². The van der Waals surface area contributed by atoms with Gasteiger partial charge in [-0.05, 0) is 69.7 Å². The topological polar surface area (TPSA) is 106 Å². The number of hydrogen-bond acceptors (Lipinski definition) is 7. The molecular formula is C35H44ClN5O5. The first-order valence-electron chi connectivity index (χ1n) is 16.5. The summed E-state index contributed by atoms with van der Waals surface area (Å²) < 4.78 is 14.0. The van der Waals surface area contributed by atoms with E-state index in [0.717, 1.165) is 67.9 Å². The predicted molar refractivity (Wildman–Crippen MR) is 177 cm³/mol. The molecule has 1 N–H and O–H groups in total. The van der Waals surface area contributed by atoms with Gasteiger partial charge in [-0.1, -0.05) is 35.9 Å². The van der Waals surface area contributed by atoms with E-state index in [9.17, 15) is 14.4 Å². The number of para-hydroxylation sites is 1. The number of rotatable bonds is 9. The third-order valence-electron chi connectivity index (χ3n) is 9.72. The standard InChI is InChI=1S/C35H44ClN5O5/c1-22-17-40(18-23(2)46-22)26-16-27(21-45-28-11-8-24(20-42)9-12-28)41(19-26)33(43)15-25-10-13-31(30(36)14-25)37-35(44)34-29-6-4-5-7-32(29)39(3)38-34/h4-7,10,13-14,20,22-24,26-28H,8-9,11-12,15-19,21H2,1-3H3,(H,37,44)/t22-,23+,24-,26-,27-,28-/m0/s1. The van der Waals surface area contributed by atoms with Crippen molar-refractivity contribution in [3.05, 3.63) is 58.7 Å². The highest BCUT2D eigenvalue weighted by molar-refractivity contribution is 6.34. The van der Waals surface area contributed by atoms with E-state index in [1.165, 1.54) is 0 Å². The van der Waals surface area contributed by atoms with Crippen molar-refractivity contribution in [1.29, 1.82) is 0 Å². The van der Waals surface area contributed by atoms with Crippen LogP contribution in [0.3, 0.4) is 0 Å². The van der Waals surface area contributed by atoms with Crippen LogP contribution in [0.15, 0.2) is 42.5 Å². The number of nitrogens with one attached hydrogen (secondary N) is 1. The summed E-state index contributed by atoms with van der Waals surface area (Å²) in [5.41, 5.74) is 2.43. The second-order valence-corrected chi connectivity index (χ2v) is 13.6. The molecule has 0 spiro atoms. The SMILES string of the molecule is C[C@@H]1CN([C@H]2C[C@@H](CO[C@H]3CC[C@H](C=O)CC3)N(C(=O)Cc3ccc(NC(=O)c4nn(C)c5ccccc45)c(Cl)c3)C2)C[C@H](C)O1. The summed E-state index contributed by atoms with van der Waals surface area (Å²) in [7, 11) is 1.80. The predicted octanol–water partition coefficient (Wildman–Crippen LogP) is 4.87. The Morgan fingerprint density at radius 3 is 2.52 bits per heavy atom. The van der Waals surface area contributed by atoms with Gasteiger partial charge in [-0.15, -0.1) is 0 Å². The van der Waals surface area contributed by atoms with Gasteiger partial charge in [-0.25, -0.2) is 0 Å². The van der Waals surface area contributed by atoms with Crippen LogP contribution in [0.5, 0.6) is 0 Å². The molecule has 46 heavy (non-hydrogen) atoms. The van der Waals surface area contributed by atoms with E-state index in [1.807, 2.05) is 35.2 Å². The van der Waals surface area contributed by atoms with E-state index in [4.69, 9.17) is 21.1 Å². The van der Waals surface area contributed by atoms with Gasteiger partial charge in [0.15, 0.2) is 5.69 Å². The van der Waals surface area contributed by atoms with Crippen molar-refractivity contribution in [2.45, 2.75) is 82.8 Å². The van der Waals surface area contributed by atoms with Gasteiger partial charge in [0.25, 0.3) is 5.91 Å². The number of amides is 2. The Morgan fingerprint density at radius 2 is 1.80 bits per heavy atom. The maximum atomic E-state index is 13.9. The average Bonchev–Trinajstić information content (AvgIpc) is 3.63. The average molecular weight is 650 g/mol. The van der Waals surface area contributed by atoms with Crippen molar-refractivity contribution in [1.82, 2.24) is 19.6 Å². The van der Waals surface area contributed by atoms with Crippen LogP contribution in [-0.2, 0) is 32.5 Å². The van der Waals surface area contributed by atoms with Crippen LogP contribution >= 0.6 is 11.6 Å². The lowest BCUT2D eigenvalue weighted by Crippen LogP contribution is -2.51. The van der Waals surface area contributed by atoms with Crippen molar-refractivity contribution in [2.75, 3.05) is 31.6 Å². The van der Waals surface area contributed by atoms with E-state index in [1.54, 1.807) is 23.9 Å². The first-order valence-corrected chi connectivity index (χ1v) is 16.8. The number of carbonyl (C=O) groups is 3. The molecule has 4 atom stereocenters. The summed E-state index contributed by atoms with van der Waals surface area (Å²) in [6.07, 6.45) is 6.02. The number of anilines is 1. The first-order chi connectivity index (χ1) is 22.2. The molecule has 1 aliphatic carbocycles. The molecular weight excluding hydrogens is 606 g/mol. The Bertz CT molecular complexity index is 1560. The Hall–Kier alpha value is -3.31. The van der Waals surface area contributed by atoms with Crippen molar-refractivity contribution in [2.24, 2.45) is 13.0 Å². The van der Waals surface area contributed by atoms with Crippen LogP contribution in [0.2, 0.25) is 5.02 Å². The highest BCUT2D eigenvalue weighted by atomic mass is 35.5. The Balaban J connectivity index is 1.12. The quantitative estimate of drug-likeness (QED) is 0.330. The minimum absolute atomic E-state index is 0.0305. The highest BCUT2D eigenvalue weighted by Crippen LogP contribution is 2.30. The van der Waals surface area contributed by atoms with Gasteiger partial charge in [0, 0.05) is 44.0 Å². The zero-order valence-electron chi connectivity index (χ0n) is 26.9. The van der Waals surface area contributed by atoms with E-state index < -0.39 is 0 Å². The summed E-state index contributed by atoms with van der Waals surface area (Å²) in [6, 6.07) is 13.1. The molecule has 3 fully saturated rings. The highest BCUT2D eigenvalue weighted by Gasteiger charge is 2.40. The van der Waals surface area contributed by atoms with Crippen molar-refractivity contribution < 1.29 is 23.9 Å². The number of halogens is 1. The molecule has 3 aromatic rings. The molecule has 0 unspecified atom stereocenters. The van der Waals surface area contributed by atoms with Crippen LogP contribution in [-0.4, -0.2) is 94.3 Å². The lowest BCUT2D eigenvalue weighted by molar-refractivity contribution is -0.133. The molecule has 3 heterocycles. The molecule has 0 radical (unpaired) electrons. The molecule has 2 saturated heterocycles. The molecule has 1 saturated carbocycles. The smallest absolute Gasteiger partial charge is 0.276 e. The zero-order valence-corrected chi connectivity index (χ0v) is 27.6. The van der Waals surface area contributed by atoms with Crippen LogP contribution < -0.4 is 5.32 Å². The lowest BCUT2D eigenvalue weighted by Gasteiger charge is -2.38. The summed E-state index contributed by atoms with van der Waals surface area (Å²) in [5, 5.41) is 8.41. The Morgan fingerprint density at radius 1 is 1.07 bits per heavy atom. The van der Waals surface area contributed by atoms with E-state index in [-0.39, 0.29) is 54.5 Å². The molecule has 2 aromatic carbocycles. The molecule has 6 rings (SSSR count). The number of aldehydes is 1. The van der Waals surface area contributed by atoms with Gasteiger partial charge in [0.1, 0.15) is 6.29 Å². The third-order valence-corrected chi connectivity index (χ3v) is 10.0. The lowest BCUT2D eigenvalue weighted by atomic mass is 9.88. The maximum Gasteiger partial charge on any atom is 0.276 e. The second-order valence-electron chi connectivity index (χ2n) is 13.2. The molecule has 1 aromatic heterocycles. The summed E-state index contributed by atoms with van der Waals surface area (Å²) in [6.45, 7) is 7.03. The van der Waals surface area contributed by atoms with Crippen LogP contribution in [0.1, 0.15) is 62.0 Å². The van der Waals surface area contributed by atoms with Gasteiger partial charge in [0.05, 0.1) is 53.6 Å². The molecule has 11 heteroatoms. The number of aryl methyl sites for hydroxylation is 1. The number of morpholine rings is 1. The van der Waals surface area contributed by atoms with Crippen LogP contribution in [0.25, 0.3) is 10.9 Å². The fourth-order valence-electron chi connectivity index (χ4n) is 7.38. The maximum absolute atomic E-state index is 13.9. The Labute approximate surface area is 275 Å². The number of nitrogens with zero attached hydrogens (tertiary/aromatic N) is 4. The van der Waals surface area contributed by atoms with Crippen LogP contribution in [0, 0.1) is 5.92 Å². The van der Waals surface area contributed by atoms with Crippen molar-refractivity contribution in [3.8, 4) is 0 Å².